The van der Waals surface area contributed by atoms with Gasteiger partial charge in [-0.3, -0.25) is 9.10 Å². The zero-order valence-corrected chi connectivity index (χ0v) is 18.5. The minimum absolute atomic E-state index is 0.195. The average Bonchev–Trinajstić information content (AvgIpc) is 2.67. The molecule has 0 atom stereocenters. The Morgan fingerprint density at radius 1 is 1.03 bits per heavy atom. The molecule has 29 heavy (non-hydrogen) atoms. The number of sulfonamides is 1. The summed E-state index contributed by atoms with van der Waals surface area (Å²) in [5, 5.41) is 0.679. The molecule has 0 bridgehead atoms. The van der Waals surface area contributed by atoms with Crippen molar-refractivity contribution in [2.24, 2.45) is 0 Å². The van der Waals surface area contributed by atoms with E-state index in [-0.39, 0.29) is 12.5 Å². The van der Waals surface area contributed by atoms with Gasteiger partial charge in [0.2, 0.25) is 15.9 Å². The second-order valence-corrected chi connectivity index (χ2v) is 9.73. The van der Waals surface area contributed by atoms with Crippen molar-refractivity contribution in [1.82, 2.24) is 4.90 Å². The highest BCUT2D eigenvalue weighted by molar-refractivity contribution is 7.92. The summed E-state index contributed by atoms with van der Waals surface area (Å²) < 4.78 is 25.9. The third-order valence-corrected chi connectivity index (χ3v) is 6.64. The molecule has 1 fully saturated rings. The van der Waals surface area contributed by atoms with E-state index in [0.29, 0.717) is 36.9 Å². The van der Waals surface area contributed by atoms with Crippen LogP contribution in [0.5, 0.6) is 0 Å². The number of benzene rings is 2. The topological polar surface area (TPSA) is 60.9 Å². The summed E-state index contributed by atoms with van der Waals surface area (Å²) in [4.78, 5) is 16.8. The van der Waals surface area contributed by atoms with E-state index in [1.807, 2.05) is 44.2 Å². The van der Waals surface area contributed by atoms with Crippen molar-refractivity contribution in [3.05, 3.63) is 58.6 Å². The number of piperazine rings is 1. The van der Waals surface area contributed by atoms with E-state index >= 15 is 0 Å². The van der Waals surface area contributed by atoms with Crippen molar-refractivity contribution < 1.29 is 13.2 Å². The Labute approximate surface area is 177 Å². The van der Waals surface area contributed by atoms with Gasteiger partial charge in [0.15, 0.2) is 0 Å². The summed E-state index contributed by atoms with van der Waals surface area (Å²) in [6.07, 6.45) is 1.13. The maximum absolute atomic E-state index is 12.9. The van der Waals surface area contributed by atoms with E-state index in [1.54, 1.807) is 17.0 Å². The molecule has 1 heterocycles. The zero-order chi connectivity index (χ0) is 21.2. The molecule has 156 valence electrons. The maximum atomic E-state index is 12.9. The summed E-state index contributed by atoms with van der Waals surface area (Å²) in [5.74, 6) is -0.195. The van der Waals surface area contributed by atoms with E-state index in [2.05, 4.69) is 4.90 Å². The fourth-order valence-electron chi connectivity index (χ4n) is 3.39. The van der Waals surface area contributed by atoms with Crippen molar-refractivity contribution in [2.45, 2.75) is 13.8 Å². The Morgan fingerprint density at radius 3 is 2.31 bits per heavy atom. The largest absolute Gasteiger partial charge is 0.368 e. The molecule has 1 aliphatic heterocycles. The van der Waals surface area contributed by atoms with Crippen LogP contribution in [0, 0.1) is 13.8 Å². The molecule has 3 rings (SSSR count). The quantitative estimate of drug-likeness (QED) is 0.724. The number of nitrogens with zero attached hydrogens (tertiary/aromatic N) is 3. The first kappa shape index (κ1) is 21.5. The third-order valence-electron chi connectivity index (χ3n) is 5.26. The molecule has 0 saturated carbocycles. The Hall–Kier alpha value is -2.25. The lowest BCUT2D eigenvalue weighted by Gasteiger charge is -2.37. The molecule has 0 unspecified atom stereocenters. The van der Waals surface area contributed by atoms with Crippen LogP contribution in [0.3, 0.4) is 0 Å². The number of carbonyl (C=O) groups excluding carboxylic acids is 1. The molecular formula is C21H26ClN3O3S. The Balaban J connectivity index is 1.68. The number of aryl methyl sites for hydroxylation is 2. The van der Waals surface area contributed by atoms with Gasteiger partial charge in [-0.15, -0.1) is 0 Å². The number of hydrogen-bond acceptors (Lipinski definition) is 4. The predicted molar refractivity (Wildman–Crippen MR) is 118 cm³/mol. The Kier molecular flexibility index (Phi) is 6.39. The first-order chi connectivity index (χ1) is 13.6. The van der Waals surface area contributed by atoms with Crippen molar-refractivity contribution in [3.63, 3.8) is 0 Å². The van der Waals surface area contributed by atoms with E-state index in [4.69, 9.17) is 11.6 Å². The third kappa shape index (κ3) is 5.22. The molecule has 0 aromatic heterocycles. The fourth-order valence-corrected chi connectivity index (χ4v) is 4.42. The van der Waals surface area contributed by atoms with Gasteiger partial charge in [-0.2, -0.15) is 0 Å². The molecule has 8 heteroatoms. The molecule has 0 aliphatic carbocycles. The lowest BCUT2D eigenvalue weighted by atomic mass is 10.1. The zero-order valence-electron chi connectivity index (χ0n) is 16.9. The summed E-state index contributed by atoms with van der Waals surface area (Å²) in [6.45, 7) is 6.12. The number of hydrogen-bond donors (Lipinski definition) is 0. The molecule has 0 N–H and O–H groups in total. The summed E-state index contributed by atoms with van der Waals surface area (Å²) in [5.41, 5.74) is 3.60. The van der Waals surface area contributed by atoms with Crippen LogP contribution in [0.1, 0.15) is 11.1 Å². The number of carbonyl (C=O) groups is 1. The lowest BCUT2D eigenvalue weighted by molar-refractivity contribution is -0.129. The molecular weight excluding hydrogens is 410 g/mol. The molecule has 2 aromatic rings. The van der Waals surface area contributed by atoms with Crippen LogP contribution < -0.4 is 9.21 Å². The average molecular weight is 436 g/mol. The summed E-state index contributed by atoms with van der Waals surface area (Å²) in [7, 11) is -3.58. The van der Waals surface area contributed by atoms with Crippen LogP contribution in [0.4, 0.5) is 11.4 Å². The van der Waals surface area contributed by atoms with Crippen LogP contribution in [0.2, 0.25) is 5.02 Å². The normalized spacial score (nSPS) is 14.8. The van der Waals surface area contributed by atoms with E-state index in [9.17, 15) is 13.2 Å². The smallest absolute Gasteiger partial charge is 0.243 e. The Morgan fingerprint density at radius 2 is 1.72 bits per heavy atom. The lowest BCUT2D eigenvalue weighted by Crippen LogP contribution is -2.52. The minimum atomic E-state index is -3.58. The van der Waals surface area contributed by atoms with Crippen LogP contribution in [-0.4, -0.2) is 58.2 Å². The van der Waals surface area contributed by atoms with Gasteiger partial charge in [-0.1, -0.05) is 23.7 Å². The molecule has 0 radical (unpaired) electrons. The predicted octanol–water partition coefficient (Wildman–Crippen LogP) is 3.07. The second-order valence-electron chi connectivity index (χ2n) is 7.39. The highest BCUT2D eigenvalue weighted by Crippen LogP contribution is 2.23. The van der Waals surface area contributed by atoms with Gasteiger partial charge < -0.3 is 9.80 Å². The van der Waals surface area contributed by atoms with Crippen LogP contribution in [0.25, 0.3) is 0 Å². The van der Waals surface area contributed by atoms with Gasteiger partial charge >= 0.3 is 0 Å². The maximum Gasteiger partial charge on any atom is 0.243 e. The second kappa shape index (κ2) is 8.63. The monoisotopic (exact) mass is 435 g/mol. The number of anilines is 2. The molecule has 1 amide bonds. The summed E-state index contributed by atoms with van der Waals surface area (Å²) >= 11 is 6.07. The fraction of sp³-hybridized carbons (Fsp3) is 0.381. The van der Waals surface area contributed by atoms with Gasteiger partial charge in [-0.05, 0) is 55.3 Å². The highest BCUT2D eigenvalue weighted by Gasteiger charge is 2.27. The van der Waals surface area contributed by atoms with Crippen molar-refractivity contribution >= 4 is 38.9 Å². The van der Waals surface area contributed by atoms with Gasteiger partial charge in [0.1, 0.15) is 6.54 Å². The van der Waals surface area contributed by atoms with Gasteiger partial charge in [-0.25, -0.2) is 8.42 Å². The van der Waals surface area contributed by atoms with Crippen LogP contribution in [0.15, 0.2) is 42.5 Å². The number of amides is 1. The van der Waals surface area contributed by atoms with Crippen molar-refractivity contribution in [2.75, 3.05) is 48.2 Å². The van der Waals surface area contributed by atoms with Gasteiger partial charge in [0.05, 0.1) is 11.9 Å². The van der Waals surface area contributed by atoms with E-state index in [0.717, 1.165) is 23.1 Å². The molecule has 1 aliphatic rings. The Bertz CT molecular complexity index is 1000. The van der Waals surface area contributed by atoms with Crippen molar-refractivity contribution in [1.29, 1.82) is 0 Å². The highest BCUT2D eigenvalue weighted by atomic mass is 35.5. The van der Waals surface area contributed by atoms with Gasteiger partial charge in [0.25, 0.3) is 0 Å². The standard InChI is InChI=1S/C21H26ClN3O3S/c1-16-7-8-20(13-17(16)2)25(29(3,27)28)15-21(26)24-11-9-23(10-12-24)19-6-4-5-18(22)14-19/h4-8,13-14H,9-12,15H2,1-3H3. The van der Waals surface area contributed by atoms with Crippen molar-refractivity contribution in [3.8, 4) is 0 Å². The van der Waals surface area contributed by atoms with Gasteiger partial charge in [0, 0.05) is 36.9 Å². The van der Waals surface area contributed by atoms with Crippen LogP contribution >= 0.6 is 11.6 Å². The molecule has 2 aromatic carbocycles. The number of rotatable bonds is 5. The van der Waals surface area contributed by atoms with E-state index in [1.165, 1.54) is 4.31 Å². The molecule has 1 saturated heterocycles. The molecule has 6 nitrogen and oxygen atoms in total. The SMILES string of the molecule is Cc1ccc(N(CC(=O)N2CCN(c3cccc(Cl)c3)CC2)S(C)(=O)=O)cc1C. The minimum Gasteiger partial charge on any atom is -0.368 e. The van der Waals surface area contributed by atoms with E-state index < -0.39 is 10.0 Å². The molecule has 0 spiro atoms. The van der Waals surface area contributed by atoms with Crippen LogP contribution in [-0.2, 0) is 14.8 Å². The first-order valence-corrected chi connectivity index (χ1v) is 11.7. The summed E-state index contributed by atoms with van der Waals surface area (Å²) in [6, 6.07) is 13.1. The first-order valence-electron chi connectivity index (χ1n) is 9.48. The number of halogens is 1.